The number of anilines is 1. The van der Waals surface area contributed by atoms with Gasteiger partial charge in [-0.05, 0) is 36.4 Å². The molecule has 0 heterocycles. The number of benzene rings is 2. The number of para-hydroxylation sites is 1. The molecule has 0 aliphatic carbocycles. The van der Waals surface area contributed by atoms with E-state index in [0.717, 1.165) is 0 Å². The summed E-state index contributed by atoms with van der Waals surface area (Å²) < 4.78 is 0. The summed E-state index contributed by atoms with van der Waals surface area (Å²) in [5.41, 5.74) is 7.17. The van der Waals surface area contributed by atoms with Crippen molar-refractivity contribution in [1.82, 2.24) is 0 Å². The van der Waals surface area contributed by atoms with Crippen molar-refractivity contribution in [2.24, 2.45) is 0 Å². The molecule has 0 atom stereocenters. The van der Waals surface area contributed by atoms with Crippen LogP contribution in [-0.2, 0) is 0 Å². The molecule has 0 spiro atoms. The predicted molar refractivity (Wildman–Crippen MR) is 62.4 cm³/mol. The van der Waals surface area contributed by atoms with E-state index in [1.807, 2.05) is 0 Å². The van der Waals surface area contributed by atoms with Gasteiger partial charge in [0, 0.05) is 16.8 Å². The zero-order valence-electron chi connectivity index (χ0n) is 8.55. The van der Waals surface area contributed by atoms with Gasteiger partial charge < -0.3 is 10.8 Å². The van der Waals surface area contributed by atoms with Gasteiger partial charge in [0.15, 0.2) is 5.78 Å². The van der Waals surface area contributed by atoms with Crippen molar-refractivity contribution in [3.8, 4) is 5.75 Å². The van der Waals surface area contributed by atoms with Crippen molar-refractivity contribution in [2.45, 2.75) is 0 Å². The van der Waals surface area contributed by atoms with E-state index in [1.54, 1.807) is 36.4 Å². The first-order chi connectivity index (χ1) is 7.68. The van der Waals surface area contributed by atoms with Gasteiger partial charge in [0.1, 0.15) is 5.75 Å². The van der Waals surface area contributed by atoms with E-state index in [2.05, 4.69) is 0 Å². The number of nitrogen functional groups attached to an aromatic ring is 1. The highest BCUT2D eigenvalue weighted by Gasteiger charge is 2.11. The molecule has 0 aliphatic rings. The fourth-order valence-corrected chi connectivity index (χ4v) is 1.47. The van der Waals surface area contributed by atoms with E-state index in [1.165, 1.54) is 12.1 Å². The third-order valence-corrected chi connectivity index (χ3v) is 2.33. The molecule has 2 aromatic carbocycles. The Labute approximate surface area is 93.1 Å². The summed E-state index contributed by atoms with van der Waals surface area (Å²) in [5, 5.41) is 9.13. The first kappa shape index (κ1) is 10.2. The van der Waals surface area contributed by atoms with Crippen molar-refractivity contribution in [2.75, 3.05) is 5.73 Å². The van der Waals surface area contributed by atoms with Gasteiger partial charge in [-0.25, -0.2) is 0 Å². The number of hydrogen-bond donors (Lipinski definition) is 2. The molecule has 80 valence electrons. The molecule has 2 aromatic rings. The third-order valence-electron chi connectivity index (χ3n) is 2.33. The van der Waals surface area contributed by atoms with Crippen LogP contribution in [0.3, 0.4) is 0 Å². The van der Waals surface area contributed by atoms with Crippen LogP contribution in [0.15, 0.2) is 48.5 Å². The maximum Gasteiger partial charge on any atom is 0.195 e. The molecular formula is C13H11NO2. The summed E-state index contributed by atoms with van der Waals surface area (Å²) in [6.07, 6.45) is 0. The van der Waals surface area contributed by atoms with Crippen LogP contribution in [-0.4, -0.2) is 10.9 Å². The molecule has 0 aliphatic heterocycles. The zero-order valence-corrected chi connectivity index (χ0v) is 8.55. The van der Waals surface area contributed by atoms with Crippen molar-refractivity contribution < 1.29 is 9.90 Å². The number of carbonyl (C=O) groups excluding carboxylic acids is 1. The fourth-order valence-electron chi connectivity index (χ4n) is 1.47. The second kappa shape index (κ2) is 4.06. The molecule has 0 amide bonds. The minimum absolute atomic E-state index is 0.137. The van der Waals surface area contributed by atoms with E-state index < -0.39 is 0 Å². The van der Waals surface area contributed by atoms with E-state index >= 15 is 0 Å². The highest BCUT2D eigenvalue weighted by molar-refractivity contribution is 6.12. The predicted octanol–water partition coefficient (Wildman–Crippen LogP) is 2.21. The van der Waals surface area contributed by atoms with E-state index in [4.69, 9.17) is 10.8 Å². The van der Waals surface area contributed by atoms with Crippen LogP contribution in [0.4, 0.5) is 5.69 Å². The summed E-state index contributed by atoms with van der Waals surface area (Å²) in [5.74, 6) is -0.00400. The normalized spacial score (nSPS) is 10.0. The first-order valence-electron chi connectivity index (χ1n) is 4.87. The summed E-state index contributed by atoms with van der Waals surface area (Å²) in [4.78, 5) is 12.0. The van der Waals surface area contributed by atoms with Gasteiger partial charge in [-0.1, -0.05) is 12.1 Å². The Hall–Kier alpha value is -2.29. The lowest BCUT2D eigenvalue weighted by molar-refractivity contribution is 0.103. The van der Waals surface area contributed by atoms with Gasteiger partial charge in [0.05, 0.1) is 0 Å². The molecule has 2 rings (SSSR count). The molecule has 3 heteroatoms. The second-order valence-corrected chi connectivity index (χ2v) is 3.46. The lowest BCUT2D eigenvalue weighted by Gasteiger charge is -2.04. The average Bonchev–Trinajstić information content (AvgIpc) is 2.30. The first-order valence-corrected chi connectivity index (χ1v) is 4.87. The molecule has 0 saturated heterocycles. The summed E-state index contributed by atoms with van der Waals surface area (Å²) >= 11 is 0. The van der Waals surface area contributed by atoms with Crippen LogP contribution in [0.2, 0.25) is 0 Å². The van der Waals surface area contributed by atoms with Crippen molar-refractivity contribution in [1.29, 1.82) is 0 Å². The van der Waals surface area contributed by atoms with Crippen LogP contribution in [0.1, 0.15) is 15.9 Å². The lowest BCUT2D eigenvalue weighted by Crippen LogP contribution is -2.04. The number of phenolic OH excluding ortho intramolecular Hbond substituents is 1. The Bertz CT molecular complexity index is 518. The lowest BCUT2D eigenvalue weighted by atomic mass is 10.0. The van der Waals surface area contributed by atoms with E-state index in [9.17, 15) is 4.79 Å². The number of hydrogen-bond acceptors (Lipinski definition) is 3. The maximum atomic E-state index is 12.0. The summed E-state index contributed by atoms with van der Waals surface area (Å²) in [6, 6.07) is 13.0. The third kappa shape index (κ3) is 1.88. The Morgan fingerprint density at radius 3 is 2.25 bits per heavy atom. The zero-order chi connectivity index (χ0) is 11.5. The highest BCUT2D eigenvalue weighted by Crippen LogP contribution is 2.17. The Morgan fingerprint density at radius 1 is 1.00 bits per heavy atom. The SMILES string of the molecule is Nc1ccccc1C(=O)c1ccc(O)cc1. The van der Waals surface area contributed by atoms with Gasteiger partial charge in [-0.2, -0.15) is 0 Å². The Balaban J connectivity index is 2.40. The molecule has 16 heavy (non-hydrogen) atoms. The standard InChI is InChI=1S/C13H11NO2/c14-12-4-2-1-3-11(12)13(16)9-5-7-10(15)8-6-9/h1-8,15H,14H2. The van der Waals surface area contributed by atoms with Crippen LogP contribution in [0.25, 0.3) is 0 Å². The molecule has 0 aromatic heterocycles. The minimum Gasteiger partial charge on any atom is -0.508 e. The molecule has 0 fully saturated rings. The van der Waals surface area contributed by atoms with E-state index in [-0.39, 0.29) is 11.5 Å². The number of aromatic hydroxyl groups is 1. The molecule has 0 unspecified atom stereocenters. The van der Waals surface area contributed by atoms with Gasteiger partial charge >= 0.3 is 0 Å². The van der Waals surface area contributed by atoms with Gasteiger partial charge in [-0.15, -0.1) is 0 Å². The largest absolute Gasteiger partial charge is 0.508 e. The topological polar surface area (TPSA) is 63.3 Å². The molecular weight excluding hydrogens is 202 g/mol. The van der Waals surface area contributed by atoms with Crippen molar-refractivity contribution >= 4 is 11.5 Å². The Morgan fingerprint density at radius 2 is 1.62 bits per heavy atom. The smallest absolute Gasteiger partial charge is 0.195 e. The Kier molecular flexibility index (Phi) is 2.60. The molecule has 0 bridgehead atoms. The van der Waals surface area contributed by atoms with Crippen LogP contribution >= 0.6 is 0 Å². The van der Waals surface area contributed by atoms with E-state index in [0.29, 0.717) is 16.8 Å². The number of ketones is 1. The number of rotatable bonds is 2. The minimum atomic E-state index is -0.141. The number of phenols is 1. The number of nitrogens with two attached hydrogens (primary N) is 1. The summed E-state index contributed by atoms with van der Waals surface area (Å²) in [7, 11) is 0. The van der Waals surface area contributed by atoms with Crippen molar-refractivity contribution in [3.63, 3.8) is 0 Å². The monoisotopic (exact) mass is 213 g/mol. The fraction of sp³-hybridized carbons (Fsp3) is 0. The van der Waals surface area contributed by atoms with Gasteiger partial charge in [0.25, 0.3) is 0 Å². The molecule has 3 nitrogen and oxygen atoms in total. The number of carbonyl (C=O) groups is 1. The average molecular weight is 213 g/mol. The van der Waals surface area contributed by atoms with Crippen LogP contribution in [0, 0.1) is 0 Å². The summed E-state index contributed by atoms with van der Waals surface area (Å²) in [6.45, 7) is 0. The maximum absolute atomic E-state index is 12.0. The second-order valence-electron chi connectivity index (χ2n) is 3.46. The molecule has 0 radical (unpaired) electrons. The van der Waals surface area contributed by atoms with Crippen molar-refractivity contribution in [3.05, 3.63) is 59.7 Å². The molecule has 0 saturated carbocycles. The highest BCUT2D eigenvalue weighted by atomic mass is 16.3. The van der Waals surface area contributed by atoms with Crippen LogP contribution in [0.5, 0.6) is 5.75 Å². The molecule has 3 N–H and O–H groups in total. The van der Waals surface area contributed by atoms with Gasteiger partial charge in [-0.3, -0.25) is 4.79 Å². The quantitative estimate of drug-likeness (QED) is 0.593. The van der Waals surface area contributed by atoms with Crippen LogP contribution < -0.4 is 5.73 Å². The van der Waals surface area contributed by atoms with Gasteiger partial charge in [0.2, 0.25) is 0 Å².